The zero-order valence-corrected chi connectivity index (χ0v) is 8.86. The lowest BCUT2D eigenvalue weighted by Gasteiger charge is -2.10. The van der Waals surface area contributed by atoms with Crippen LogP contribution in [0.3, 0.4) is 0 Å². The first-order chi connectivity index (χ1) is 7.54. The number of rotatable bonds is 3. The summed E-state index contributed by atoms with van der Waals surface area (Å²) in [6, 6.07) is 3.47. The molecule has 2 rings (SSSR count). The molecule has 0 aliphatic heterocycles. The molecule has 1 aliphatic carbocycles. The van der Waals surface area contributed by atoms with Crippen molar-refractivity contribution in [3.8, 4) is 0 Å². The monoisotopic (exact) mass is 220 g/mol. The van der Waals surface area contributed by atoms with Gasteiger partial charge < -0.3 is 10.4 Å². The number of carboxylic acid groups (broad SMARTS) is 1. The number of carbonyl (C=O) groups is 2. The summed E-state index contributed by atoms with van der Waals surface area (Å²) in [6.45, 7) is 1.84. The molecule has 0 unspecified atom stereocenters. The highest BCUT2D eigenvalue weighted by Crippen LogP contribution is 2.46. The van der Waals surface area contributed by atoms with Crippen LogP contribution in [0.4, 0.5) is 5.69 Å². The average molecular weight is 220 g/mol. The molecule has 84 valence electrons. The van der Waals surface area contributed by atoms with Crippen molar-refractivity contribution in [3.05, 3.63) is 24.0 Å². The van der Waals surface area contributed by atoms with E-state index in [2.05, 4.69) is 10.3 Å². The number of aliphatic carboxylic acids is 1. The minimum atomic E-state index is -1.20. The third-order valence-electron chi connectivity index (χ3n) is 2.76. The highest BCUT2D eigenvalue weighted by molar-refractivity contribution is 6.10. The van der Waals surface area contributed by atoms with Crippen molar-refractivity contribution in [2.45, 2.75) is 19.8 Å². The summed E-state index contributed by atoms with van der Waals surface area (Å²) in [4.78, 5) is 26.6. The molecule has 5 heteroatoms. The number of carbonyl (C=O) groups excluding carboxylic acids is 1. The Hall–Kier alpha value is -1.91. The summed E-state index contributed by atoms with van der Waals surface area (Å²) in [5.41, 5.74) is 0.172. The van der Waals surface area contributed by atoms with Crippen molar-refractivity contribution >= 4 is 17.6 Å². The average Bonchev–Trinajstić information content (AvgIpc) is 3.02. The van der Waals surface area contributed by atoms with E-state index in [0.717, 1.165) is 5.69 Å². The first kappa shape index (κ1) is 10.6. The van der Waals surface area contributed by atoms with Crippen molar-refractivity contribution in [2.75, 3.05) is 5.32 Å². The highest BCUT2D eigenvalue weighted by Gasteiger charge is 2.57. The summed E-state index contributed by atoms with van der Waals surface area (Å²) < 4.78 is 0. The lowest BCUT2D eigenvalue weighted by atomic mass is 10.1. The van der Waals surface area contributed by atoms with Gasteiger partial charge in [-0.05, 0) is 31.9 Å². The van der Waals surface area contributed by atoms with E-state index < -0.39 is 17.3 Å². The van der Waals surface area contributed by atoms with Crippen molar-refractivity contribution < 1.29 is 14.7 Å². The lowest BCUT2D eigenvalue weighted by molar-refractivity contribution is -0.147. The number of pyridine rings is 1. The highest BCUT2D eigenvalue weighted by atomic mass is 16.4. The second-order valence-corrected chi connectivity index (χ2v) is 4.03. The zero-order chi connectivity index (χ0) is 11.8. The lowest BCUT2D eigenvalue weighted by Crippen LogP contribution is -2.31. The standard InChI is InChI=1S/C11H12N2O3/c1-7-2-3-8(6-12-7)13-9(14)11(4-5-11)10(15)16/h2-3,6H,4-5H2,1H3,(H,13,14)(H,15,16). The number of hydrogen-bond donors (Lipinski definition) is 2. The molecule has 5 nitrogen and oxygen atoms in total. The van der Waals surface area contributed by atoms with Crippen LogP contribution in [0.2, 0.25) is 0 Å². The van der Waals surface area contributed by atoms with Gasteiger partial charge >= 0.3 is 5.97 Å². The Labute approximate surface area is 92.5 Å². The number of nitrogens with one attached hydrogen (secondary N) is 1. The van der Waals surface area contributed by atoms with Crippen LogP contribution in [0.15, 0.2) is 18.3 Å². The van der Waals surface area contributed by atoms with E-state index >= 15 is 0 Å². The Morgan fingerprint density at radius 2 is 2.12 bits per heavy atom. The molecule has 1 amide bonds. The molecular formula is C11H12N2O3. The van der Waals surface area contributed by atoms with Gasteiger partial charge in [-0.15, -0.1) is 0 Å². The number of nitrogens with zero attached hydrogens (tertiary/aromatic N) is 1. The number of carboxylic acids is 1. The minimum Gasteiger partial charge on any atom is -0.480 e. The van der Waals surface area contributed by atoms with Gasteiger partial charge in [-0.3, -0.25) is 14.6 Å². The van der Waals surface area contributed by atoms with Crippen LogP contribution in [-0.2, 0) is 9.59 Å². The molecule has 1 aliphatic rings. The normalized spacial score (nSPS) is 16.6. The second-order valence-electron chi connectivity index (χ2n) is 4.03. The van der Waals surface area contributed by atoms with Crippen molar-refractivity contribution in [1.82, 2.24) is 4.98 Å². The van der Waals surface area contributed by atoms with Crippen molar-refractivity contribution in [2.24, 2.45) is 5.41 Å². The van der Waals surface area contributed by atoms with Crippen molar-refractivity contribution in [1.29, 1.82) is 0 Å². The third-order valence-corrected chi connectivity index (χ3v) is 2.76. The first-order valence-electron chi connectivity index (χ1n) is 5.02. The minimum absolute atomic E-state index is 0.410. The van der Waals surface area contributed by atoms with Gasteiger partial charge in [-0.1, -0.05) is 0 Å². The predicted molar refractivity (Wildman–Crippen MR) is 56.9 cm³/mol. The Kier molecular flexibility index (Phi) is 2.38. The SMILES string of the molecule is Cc1ccc(NC(=O)C2(C(=O)O)CC2)cn1. The molecule has 0 bridgehead atoms. The van der Waals surface area contributed by atoms with Crippen LogP contribution in [-0.4, -0.2) is 22.0 Å². The van der Waals surface area contributed by atoms with Gasteiger partial charge in [0.05, 0.1) is 11.9 Å². The third kappa shape index (κ3) is 1.76. The molecule has 0 aromatic carbocycles. The molecule has 2 N–H and O–H groups in total. The maximum Gasteiger partial charge on any atom is 0.319 e. The topological polar surface area (TPSA) is 79.3 Å². The Bertz CT molecular complexity index is 435. The molecule has 1 aromatic heterocycles. The fourth-order valence-corrected chi connectivity index (χ4v) is 1.46. The van der Waals surface area contributed by atoms with E-state index in [1.165, 1.54) is 6.20 Å². The molecule has 1 saturated carbocycles. The quantitative estimate of drug-likeness (QED) is 0.750. The van der Waals surface area contributed by atoms with Crippen LogP contribution < -0.4 is 5.32 Å². The largest absolute Gasteiger partial charge is 0.480 e. The molecule has 0 saturated heterocycles. The van der Waals surface area contributed by atoms with Crippen LogP contribution in [0.5, 0.6) is 0 Å². The molecule has 0 atom stereocenters. The summed E-state index contributed by atoms with van der Waals surface area (Å²) in [5, 5.41) is 11.5. The smallest absolute Gasteiger partial charge is 0.319 e. The summed E-state index contributed by atoms with van der Waals surface area (Å²) in [6.07, 6.45) is 2.34. The Morgan fingerprint density at radius 3 is 2.56 bits per heavy atom. The molecule has 1 heterocycles. The number of hydrogen-bond acceptors (Lipinski definition) is 3. The first-order valence-corrected chi connectivity index (χ1v) is 5.02. The van der Waals surface area contributed by atoms with Crippen LogP contribution in [0.1, 0.15) is 18.5 Å². The fraction of sp³-hybridized carbons (Fsp3) is 0.364. The number of aryl methyl sites for hydroxylation is 1. The summed E-state index contributed by atoms with van der Waals surface area (Å²) in [5.74, 6) is -1.50. The van der Waals surface area contributed by atoms with Gasteiger partial charge in [0.1, 0.15) is 5.41 Å². The van der Waals surface area contributed by atoms with E-state index in [1.54, 1.807) is 12.1 Å². The van der Waals surface area contributed by atoms with E-state index in [-0.39, 0.29) is 0 Å². The van der Waals surface area contributed by atoms with Crippen LogP contribution in [0.25, 0.3) is 0 Å². The predicted octanol–water partition coefficient (Wildman–Crippen LogP) is 1.19. The molecule has 0 radical (unpaired) electrons. The molecule has 0 spiro atoms. The maximum absolute atomic E-state index is 11.7. The number of aromatic nitrogens is 1. The molecule has 16 heavy (non-hydrogen) atoms. The van der Waals surface area contributed by atoms with E-state index in [4.69, 9.17) is 5.11 Å². The molecule has 1 fully saturated rings. The second kappa shape index (κ2) is 3.59. The van der Waals surface area contributed by atoms with E-state index in [1.807, 2.05) is 6.92 Å². The van der Waals surface area contributed by atoms with Gasteiger partial charge in [0.2, 0.25) is 5.91 Å². The van der Waals surface area contributed by atoms with Crippen LogP contribution >= 0.6 is 0 Å². The van der Waals surface area contributed by atoms with Gasteiger partial charge in [-0.2, -0.15) is 0 Å². The Morgan fingerprint density at radius 1 is 1.44 bits per heavy atom. The fourth-order valence-electron chi connectivity index (χ4n) is 1.46. The van der Waals surface area contributed by atoms with Gasteiger partial charge in [-0.25, -0.2) is 0 Å². The number of amides is 1. The number of anilines is 1. The van der Waals surface area contributed by atoms with Crippen LogP contribution in [0, 0.1) is 12.3 Å². The summed E-state index contributed by atoms with van der Waals surface area (Å²) >= 11 is 0. The van der Waals surface area contributed by atoms with Gasteiger partial charge in [0, 0.05) is 5.69 Å². The molecule has 1 aromatic rings. The van der Waals surface area contributed by atoms with Gasteiger partial charge in [0.15, 0.2) is 0 Å². The Balaban J connectivity index is 2.08. The van der Waals surface area contributed by atoms with Crippen molar-refractivity contribution in [3.63, 3.8) is 0 Å². The maximum atomic E-state index is 11.7. The van der Waals surface area contributed by atoms with E-state index in [0.29, 0.717) is 18.5 Å². The summed E-state index contributed by atoms with van der Waals surface area (Å²) in [7, 11) is 0. The molecular weight excluding hydrogens is 208 g/mol. The zero-order valence-electron chi connectivity index (χ0n) is 8.86. The van der Waals surface area contributed by atoms with E-state index in [9.17, 15) is 9.59 Å². The van der Waals surface area contributed by atoms with Gasteiger partial charge in [0.25, 0.3) is 0 Å².